The molecule has 4 nitrogen and oxygen atoms in total. The number of rotatable bonds is 5. The summed E-state index contributed by atoms with van der Waals surface area (Å²) in [4.78, 5) is 9.29. The van der Waals surface area contributed by atoms with E-state index >= 15 is 0 Å². The van der Waals surface area contributed by atoms with Crippen molar-refractivity contribution in [2.24, 2.45) is 0 Å². The summed E-state index contributed by atoms with van der Waals surface area (Å²) in [5, 5.41) is 7.59. The number of halogens is 1. The van der Waals surface area contributed by atoms with E-state index in [-0.39, 0.29) is 5.82 Å². The highest BCUT2D eigenvalue weighted by Gasteiger charge is 2.08. The molecule has 0 fully saturated rings. The molecule has 4 rings (SSSR count). The van der Waals surface area contributed by atoms with Crippen LogP contribution in [0.3, 0.4) is 0 Å². The average Bonchev–Trinajstić information content (AvgIpc) is 2.69. The highest BCUT2D eigenvalue weighted by atomic mass is 19.1. The van der Waals surface area contributed by atoms with E-state index in [0.29, 0.717) is 12.5 Å². The van der Waals surface area contributed by atoms with Crippen LogP contribution in [0.5, 0.6) is 0 Å². The predicted molar refractivity (Wildman–Crippen MR) is 108 cm³/mol. The normalized spacial score (nSPS) is 10.7. The summed E-state index contributed by atoms with van der Waals surface area (Å²) in [5.41, 5.74) is 3.92. The number of para-hydroxylation sites is 2. The largest absolute Gasteiger partial charge is 0.365 e. The second-order valence-electron chi connectivity index (χ2n) is 6.33. The minimum Gasteiger partial charge on any atom is -0.365 e. The maximum absolute atomic E-state index is 13.1. The zero-order valence-corrected chi connectivity index (χ0v) is 14.9. The lowest BCUT2D eigenvalue weighted by molar-refractivity contribution is 0.627. The number of hydrogen-bond donors (Lipinski definition) is 2. The Hall–Kier alpha value is -3.47. The molecular formula is C22H19FN4. The van der Waals surface area contributed by atoms with Gasteiger partial charge >= 0.3 is 0 Å². The monoisotopic (exact) mass is 358 g/mol. The van der Waals surface area contributed by atoms with Crippen molar-refractivity contribution >= 4 is 28.4 Å². The summed E-state index contributed by atoms with van der Waals surface area (Å²) >= 11 is 0. The number of fused-ring (bicyclic) bond motifs is 1. The molecule has 0 atom stereocenters. The molecule has 0 saturated heterocycles. The summed E-state index contributed by atoms with van der Waals surface area (Å²) in [7, 11) is 0. The average molecular weight is 358 g/mol. The maximum Gasteiger partial charge on any atom is 0.229 e. The molecule has 1 heterocycles. The van der Waals surface area contributed by atoms with Crippen LogP contribution in [0.1, 0.15) is 11.1 Å². The Labute approximate surface area is 157 Å². The van der Waals surface area contributed by atoms with E-state index < -0.39 is 0 Å². The van der Waals surface area contributed by atoms with Gasteiger partial charge in [-0.15, -0.1) is 0 Å². The zero-order chi connectivity index (χ0) is 18.6. The van der Waals surface area contributed by atoms with Crippen LogP contribution in [-0.4, -0.2) is 9.97 Å². The fraction of sp³-hybridized carbons (Fsp3) is 0.0909. The molecule has 134 valence electrons. The van der Waals surface area contributed by atoms with Gasteiger partial charge in [0.05, 0.1) is 5.52 Å². The van der Waals surface area contributed by atoms with Crippen LogP contribution in [0, 0.1) is 12.7 Å². The SMILES string of the molecule is Cc1ccccc1Nc1nc(NCc2ccc(F)cc2)c2ccccc2n1. The number of aryl methyl sites for hydroxylation is 1. The van der Waals surface area contributed by atoms with Crippen molar-refractivity contribution in [1.82, 2.24) is 9.97 Å². The molecule has 0 unspecified atom stereocenters. The van der Waals surface area contributed by atoms with Gasteiger partial charge in [0.2, 0.25) is 5.95 Å². The van der Waals surface area contributed by atoms with Gasteiger partial charge in [0.25, 0.3) is 0 Å². The van der Waals surface area contributed by atoms with Crippen LogP contribution in [-0.2, 0) is 6.54 Å². The van der Waals surface area contributed by atoms with E-state index in [4.69, 9.17) is 0 Å². The highest BCUT2D eigenvalue weighted by Crippen LogP contribution is 2.25. The van der Waals surface area contributed by atoms with Gasteiger partial charge in [-0.25, -0.2) is 9.37 Å². The summed E-state index contributed by atoms with van der Waals surface area (Å²) < 4.78 is 13.1. The Kier molecular flexibility index (Phi) is 4.66. The molecule has 0 bridgehead atoms. The molecule has 0 spiro atoms. The molecule has 5 heteroatoms. The molecule has 4 aromatic rings. The quantitative estimate of drug-likeness (QED) is 0.499. The summed E-state index contributed by atoms with van der Waals surface area (Å²) in [6.07, 6.45) is 0. The summed E-state index contributed by atoms with van der Waals surface area (Å²) in [6.45, 7) is 2.59. The first-order valence-electron chi connectivity index (χ1n) is 8.77. The van der Waals surface area contributed by atoms with Gasteiger partial charge in [-0.05, 0) is 48.4 Å². The van der Waals surface area contributed by atoms with Gasteiger partial charge < -0.3 is 10.6 Å². The number of nitrogens with zero attached hydrogens (tertiary/aromatic N) is 2. The van der Waals surface area contributed by atoms with Crippen LogP contribution in [0.4, 0.5) is 21.8 Å². The molecule has 0 saturated carbocycles. The number of hydrogen-bond acceptors (Lipinski definition) is 4. The maximum atomic E-state index is 13.1. The van der Waals surface area contributed by atoms with Crippen molar-refractivity contribution in [3.8, 4) is 0 Å². The number of aromatic nitrogens is 2. The first kappa shape index (κ1) is 17.0. The molecule has 2 N–H and O–H groups in total. The predicted octanol–water partition coefficient (Wildman–Crippen LogP) is 5.43. The van der Waals surface area contributed by atoms with Crippen LogP contribution in [0.25, 0.3) is 10.9 Å². The summed E-state index contributed by atoms with van der Waals surface area (Å²) in [6, 6.07) is 22.3. The van der Waals surface area contributed by atoms with E-state index in [9.17, 15) is 4.39 Å². The Morgan fingerprint density at radius 2 is 1.59 bits per heavy atom. The minimum atomic E-state index is -0.240. The highest BCUT2D eigenvalue weighted by molar-refractivity contribution is 5.90. The molecule has 27 heavy (non-hydrogen) atoms. The van der Waals surface area contributed by atoms with Crippen molar-refractivity contribution in [2.75, 3.05) is 10.6 Å². The fourth-order valence-corrected chi connectivity index (χ4v) is 2.89. The topological polar surface area (TPSA) is 49.8 Å². The second kappa shape index (κ2) is 7.41. The van der Waals surface area contributed by atoms with Crippen molar-refractivity contribution in [1.29, 1.82) is 0 Å². The minimum absolute atomic E-state index is 0.240. The molecule has 1 aromatic heterocycles. The number of nitrogens with one attached hydrogen (secondary N) is 2. The lowest BCUT2D eigenvalue weighted by Crippen LogP contribution is -2.06. The van der Waals surface area contributed by atoms with Crippen LogP contribution < -0.4 is 10.6 Å². The molecule has 0 aliphatic carbocycles. The lowest BCUT2D eigenvalue weighted by Gasteiger charge is -2.13. The van der Waals surface area contributed by atoms with Gasteiger partial charge in [0, 0.05) is 17.6 Å². The first-order valence-corrected chi connectivity index (χ1v) is 8.77. The van der Waals surface area contributed by atoms with Gasteiger partial charge in [0.15, 0.2) is 0 Å². The van der Waals surface area contributed by atoms with E-state index in [1.165, 1.54) is 12.1 Å². The number of benzene rings is 3. The molecule has 3 aromatic carbocycles. The lowest BCUT2D eigenvalue weighted by atomic mass is 10.2. The van der Waals surface area contributed by atoms with Gasteiger partial charge in [0.1, 0.15) is 11.6 Å². The van der Waals surface area contributed by atoms with E-state index in [1.54, 1.807) is 12.1 Å². The third-order valence-corrected chi connectivity index (χ3v) is 4.37. The standard InChI is InChI=1S/C22H19FN4/c1-15-6-2-4-8-19(15)25-22-26-20-9-5-3-7-18(20)21(27-22)24-14-16-10-12-17(23)13-11-16/h2-13H,14H2,1H3,(H2,24,25,26,27). The number of anilines is 3. The Morgan fingerprint density at radius 1 is 0.852 bits per heavy atom. The fourth-order valence-electron chi connectivity index (χ4n) is 2.89. The van der Waals surface area contributed by atoms with Crippen molar-refractivity contribution in [3.05, 3.63) is 89.7 Å². The van der Waals surface area contributed by atoms with E-state index in [2.05, 4.69) is 20.6 Å². The Bertz CT molecular complexity index is 1080. The molecular weight excluding hydrogens is 339 g/mol. The van der Waals surface area contributed by atoms with Crippen molar-refractivity contribution in [2.45, 2.75) is 13.5 Å². The van der Waals surface area contributed by atoms with E-state index in [1.807, 2.05) is 55.5 Å². The molecule has 0 aliphatic heterocycles. The van der Waals surface area contributed by atoms with Crippen LogP contribution in [0.15, 0.2) is 72.8 Å². The van der Waals surface area contributed by atoms with Gasteiger partial charge in [-0.3, -0.25) is 0 Å². The van der Waals surface area contributed by atoms with Crippen LogP contribution in [0.2, 0.25) is 0 Å². The third kappa shape index (κ3) is 3.87. The van der Waals surface area contributed by atoms with Crippen molar-refractivity contribution in [3.63, 3.8) is 0 Å². The Balaban J connectivity index is 1.66. The smallest absolute Gasteiger partial charge is 0.229 e. The first-order chi connectivity index (χ1) is 13.2. The van der Waals surface area contributed by atoms with E-state index in [0.717, 1.165) is 33.5 Å². The molecule has 0 radical (unpaired) electrons. The van der Waals surface area contributed by atoms with Crippen molar-refractivity contribution < 1.29 is 4.39 Å². The van der Waals surface area contributed by atoms with Crippen LogP contribution >= 0.6 is 0 Å². The molecule has 0 amide bonds. The van der Waals surface area contributed by atoms with Gasteiger partial charge in [-0.1, -0.05) is 42.5 Å². The Morgan fingerprint density at radius 3 is 2.41 bits per heavy atom. The molecule has 0 aliphatic rings. The summed E-state index contributed by atoms with van der Waals surface area (Å²) in [5.74, 6) is 1.03. The van der Waals surface area contributed by atoms with Gasteiger partial charge in [-0.2, -0.15) is 4.98 Å². The zero-order valence-electron chi connectivity index (χ0n) is 14.9. The third-order valence-electron chi connectivity index (χ3n) is 4.37. The second-order valence-corrected chi connectivity index (χ2v) is 6.33.